The fourth-order valence-electron chi connectivity index (χ4n) is 5.45. The van der Waals surface area contributed by atoms with Gasteiger partial charge in [-0.1, -0.05) is 6.42 Å². The number of nitrogens with zero attached hydrogens (tertiary/aromatic N) is 4. The van der Waals surface area contributed by atoms with E-state index in [4.69, 9.17) is 5.26 Å². The maximum atomic E-state index is 15.1. The lowest BCUT2D eigenvalue weighted by Crippen LogP contribution is -2.41. The number of nitriles is 1. The molecule has 8 nitrogen and oxygen atoms in total. The van der Waals surface area contributed by atoms with Crippen molar-refractivity contribution in [2.24, 2.45) is 18.9 Å². The lowest BCUT2D eigenvalue weighted by atomic mass is 9.78. The monoisotopic (exact) mass is 559 g/mol. The van der Waals surface area contributed by atoms with Crippen molar-refractivity contribution in [3.8, 4) is 17.2 Å². The summed E-state index contributed by atoms with van der Waals surface area (Å²) in [5.41, 5.74) is -2.97. The van der Waals surface area contributed by atoms with Crippen LogP contribution in [0.1, 0.15) is 56.7 Å². The Hall–Kier alpha value is -3.85. The summed E-state index contributed by atoms with van der Waals surface area (Å²) in [5, 5.41) is 25.5. The zero-order valence-corrected chi connectivity index (χ0v) is 22.3. The molecule has 0 bridgehead atoms. The van der Waals surface area contributed by atoms with Gasteiger partial charge in [-0.05, 0) is 73.9 Å². The zero-order valence-electron chi connectivity index (χ0n) is 22.3. The third-order valence-corrected chi connectivity index (χ3v) is 7.52. The highest BCUT2D eigenvalue weighted by molar-refractivity contribution is 5.93. The SMILES string of the molecule is Cc1cnc(NC(=O)[C@H]2CCC[C@@H](CC(=O)CC#N)C2)cc1-c1cc(F)c2nn(C)c([C@](C)(O)C(F)(F)F)c2c1. The molecule has 0 radical (unpaired) electrons. The number of halogens is 4. The van der Waals surface area contributed by atoms with Crippen LogP contribution in [-0.4, -0.2) is 37.7 Å². The molecule has 2 N–H and O–H groups in total. The average molecular weight is 560 g/mol. The van der Waals surface area contributed by atoms with Gasteiger partial charge in [0.05, 0.1) is 18.2 Å². The minimum absolute atomic E-state index is 0.0178. The molecule has 1 saturated carbocycles. The molecule has 0 aliphatic heterocycles. The fourth-order valence-corrected chi connectivity index (χ4v) is 5.45. The summed E-state index contributed by atoms with van der Waals surface area (Å²) in [7, 11) is 1.20. The molecule has 40 heavy (non-hydrogen) atoms. The normalized spacial score (nSPS) is 19.2. The number of Topliss-reactive ketones (excluding diaryl/α,β-unsaturated/α-hetero) is 1. The number of anilines is 1. The molecule has 0 saturated heterocycles. The zero-order chi connectivity index (χ0) is 29.4. The number of nitrogens with one attached hydrogen (secondary N) is 1. The number of aliphatic hydroxyl groups is 1. The predicted octanol–water partition coefficient (Wildman–Crippen LogP) is 5.47. The van der Waals surface area contributed by atoms with E-state index in [0.29, 0.717) is 30.9 Å². The Balaban J connectivity index is 1.63. The van der Waals surface area contributed by atoms with Crippen LogP contribution in [0.25, 0.3) is 22.0 Å². The maximum Gasteiger partial charge on any atom is 0.422 e. The highest BCUT2D eigenvalue weighted by Gasteiger charge is 2.54. The number of hydrogen-bond acceptors (Lipinski definition) is 6. The summed E-state index contributed by atoms with van der Waals surface area (Å²) in [5.74, 6) is -1.44. The number of ketones is 1. The van der Waals surface area contributed by atoms with E-state index in [1.165, 1.54) is 25.4 Å². The van der Waals surface area contributed by atoms with Crippen LogP contribution in [0.4, 0.5) is 23.4 Å². The molecular weight excluding hydrogens is 530 g/mol. The summed E-state index contributed by atoms with van der Waals surface area (Å²) in [4.78, 5) is 29.2. The van der Waals surface area contributed by atoms with Gasteiger partial charge in [-0.15, -0.1) is 0 Å². The average Bonchev–Trinajstić information content (AvgIpc) is 3.21. The molecule has 212 valence electrons. The maximum absolute atomic E-state index is 15.1. The van der Waals surface area contributed by atoms with Crippen molar-refractivity contribution < 1.29 is 32.3 Å². The topological polar surface area (TPSA) is 121 Å². The van der Waals surface area contributed by atoms with Gasteiger partial charge in [0.1, 0.15) is 17.1 Å². The number of hydrogen-bond donors (Lipinski definition) is 2. The number of aromatic nitrogens is 3. The molecule has 0 spiro atoms. The van der Waals surface area contributed by atoms with Crippen LogP contribution in [0.15, 0.2) is 24.4 Å². The molecule has 2 heterocycles. The first-order valence-corrected chi connectivity index (χ1v) is 12.8. The number of aryl methyl sites for hydroxylation is 2. The third-order valence-electron chi connectivity index (χ3n) is 7.52. The van der Waals surface area contributed by atoms with Crippen molar-refractivity contribution in [2.45, 2.75) is 64.1 Å². The van der Waals surface area contributed by atoms with Crippen molar-refractivity contribution in [1.82, 2.24) is 14.8 Å². The van der Waals surface area contributed by atoms with Gasteiger partial charge >= 0.3 is 6.18 Å². The van der Waals surface area contributed by atoms with Crippen LogP contribution in [0.5, 0.6) is 0 Å². The van der Waals surface area contributed by atoms with Crippen LogP contribution < -0.4 is 5.32 Å². The molecule has 1 aliphatic rings. The molecule has 1 aliphatic carbocycles. The number of alkyl halides is 3. The summed E-state index contributed by atoms with van der Waals surface area (Å²) < 4.78 is 57.0. The van der Waals surface area contributed by atoms with Gasteiger partial charge < -0.3 is 10.4 Å². The number of carbonyl (C=O) groups excluding carboxylic acids is 2. The number of benzene rings is 1. The van der Waals surface area contributed by atoms with Crippen LogP contribution >= 0.6 is 0 Å². The molecule has 3 aromatic rings. The van der Waals surface area contributed by atoms with Crippen LogP contribution in [0, 0.1) is 35.9 Å². The number of carbonyl (C=O) groups is 2. The van der Waals surface area contributed by atoms with Gasteiger partial charge in [0, 0.05) is 31.0 Å². The van der Waals surface area contributed by atoms with Crippen molar-refractivity contribution in [3.05, 3.63) is 41.5 Å². The Morgan fingerprint density at radius 2 is 1.98 bits per heavy atom. The van der Waals surface area contributed by atoms with E-state index >= 15 is 4.39 Å². The van der Waals surface area contributed by atoms with Gasteiger partial charge in [0.15, 0.2) is 11.4 Å². The highest BCUT2D eigenvalue weighted by atomic mass is 19.4. The van der Waals surface area contributed by atoms with Crippen molar-refractivity contribution in [1.29, 1.82) is 5.26 Å². The summed E-state index contributed by atoms with van der Waals surface area (Å²) in [6, 6.07) is 5.84. The van der Waals surface area contributed by atoms with E-state index in [1.807, 2.05) is 6.07 Å². The van der Waals surface area contributed by atoms with Gasteiger partial charge in [-0.3, -0.25) is 14.3 Å². The van der Waals surface area contributed by atoms with Crippen molar-refractivity contribution >= 4 is 28.4 Å². The Morgan fingerprint density at radius 1 is 1.25 bits per heavy atom. The Labute approximate surface area is 228 Å². The fraction of sp³-hybridized carbons (Fsp3) is 0.464. The molecule has 4 rings (SSSR count). The summed E-state index contributed by atoms with van der Waals surface area (Å²) in [6.45, 7) is 2.28. The first-order valence-electron chi connectivity index (χ1n) is 12.8. The van der Waals surface area contributed by atoms with Gasteiger partial charge in [-0.2, -0.15) is 23.5 Å². The highest BCUT2D eigenvalue weighted by Crippen LogP contribution is 2.42. The number of fused-ring (bicyclic) bond motifs is 1. The second-order valence-corrected chi connectivity index (χ2v) is 10.6. The van der Waals surface area contributed by atoms with Gasteiger partial charge in [0.2, 0.25) is 5.91 Å². The quantitative estimate of drug-likeness (QED) is 0.371. The van der Waals surface area contributed by atoms with Crippen LogP contribution in [0.3, 0.4) is 0 Å². The largest absolute Gasteiger partial charge is 0.422 e. The standard InChI is InChI=1S/C28H29F4N5O3/c1-15-14-34-23(35-26(39)17-6-4-5-16(9-17)10-19(38)7-8-33)13-20(15)18-11-21-24(22(29)12-18)36-37(3)25(21)27(2,40)28(30,31)32/h11-14,16-17,40H,4-7,9-10H2,1-3H3,(H,34,35,39)/t16-,17+,27+/m1/s1. The molecule has 1 amide bonds. The lowest BCUT2D eigenvalue weighted by molar-refractivity contribution is -0.260. The van der Waals surface area contributed by atoms with Crippen molar-refractivity contribution in [2.75, 3.05) is 5.32 Å². The molecule has 12 heteroatoms. The van der Waals surface area contributed by atoms with Gasteiger partial charge in [0.25, 0.3) is 0 Å². The lowest BCUT2D eigenvalue weighted by Gasteiger charge is -2.27. The van der Waals surface area contributed by atoms with E-state index < -0.39 is 23.3 Å². The van der Waals surface area contributed by atoms with E-state index in [2.05, 4.69) is 15.4 Å². The molecule has 1 aromatic carbocycles. The van der Waals surface area contributed by atoms with Crippen LogP contribution in [-0.2, 0) is 22.2 Å². The Morgan fingerprint density at radius 3 is 2.65 bits per heavy atom. The minimum Gasteiger partial charge on any atom is -0.375 e. The number of amides is 1. The predicted molar refractivity (Wildman–Crippen MR) is 138 cm³/mol. The second kappa shape index (κ2) is 11.0. The van der Waals surface area contributed by atoms with E-state index in [-0.39, 0.29) is 58.7 Å². The summed E-state index contributed by atoms with van der Waals surface area (Å²) >= 11 is 0. The van der Waals surface area contributed by atoms with E-state index in [9.17, 15) is 27.9 Å². The van der Waals surface area contributed by atoms with Crippen molar-refractivity contribution in [3.63, 3.8) is 0 Å². The van der Waals surface area contributed by atoms with E-state index in [0.717, 1.165) is 23.6 Å². The minimum atomic E-state index is -5.04. The Kier molecular flexibility index (Phi) is 7.99. The first kappa shape index (κ1) is 29.1. The Bertz CT molecular complexity index is 1510. The van der Waals surface area contributed by atoms with E-state index in [1.54, 1.807) is 6.92 Å². The van der Waals surface area contributed by atoms with Crippen LogP contribution in [0.2, 0.25) is 0 Å². The molecule has 2 aromatic heterocycles. The molecule has 3 atom stereocenters. The van der Waals surface area contributed by atoms with Gasteiger partial charge in [-0.25, -0.2) is 9.37 Å². The third kappa shape index (κ3) is 5.70. The smallest absolute Gasteiger partial charge is 0.375 e. The number of pyridine rings is 1. The molecule has 0 unspecified atom stereocenters. The first-order chi connectivity index (χ1) is 18.7. The summed E-state index contributed by atoms with van der Waals surface area (Å²) in [6.07, 6.45) is -0.744. The molecule has 1 fully saturated rings. The second-order valence-electron chi connectivity index (χ2n) is 10.6. The molecular formula is C28H29F4N5O3. The number of rotatable bonds is 7.